The summed E-state index contributed by atoms with van der Waals surface area (Å²) >= 11 is 1.59. The summed E-state index contributed by atoms with van der Waals surface area (Å²) in [7, 11) is 0. The van der Waals surface area contributed by atoms with Crippen LogP contribution in [0.15, 0.2) is 11.4 Å². The average Bonchev–Trinajstić information content (AvgIpc) is 2.61. The van der Waals surface area contributed by atoms with Gasteiger partial charge in [0, 0.05) is 4.88 Å². The van der Waals surface area contributed by atoms with E-state index < -0.39 is 0 Å². The van der Waals surface area contributed by atoms with Crippen LogP contribution in [0.2, 0.25) is 0 Å². The van der Waals surface area contributed by atoms with E-state index in [1.54, 1.807) is 11.3 Å². The van der Waals surface area contributed by atoms with E-state index in [1.165, 1.54) is 0 Å². The fourth-order valence-corrected chi connectivity index (χ4v) is 2.38. The fraction of sp³-hybridized carbons (Fsp3) is 0.545. The zero-order valence-corrected chi connectivity index (χ0v) is 10.2. The smallest absolute Gasteiger partial charge is 0.328 e. The van der Waals surface area contributed by atoms with Crippen molar-refractivity contribution in [2.24, 2.45) is 0 Å². The second-order valence-corrected chi connectivity index (χ2v) is 4.16. The Morgan fingerprint density at radius 3 is 2.80 bits per heavy atom. The Morgan fingerprint density at radius 1 is 1.60 bits per heavy atom. The van der Waals surface area contributed by atoms with Crippen molar-refractivity contribution in [2.75, 3.05) is 13.2 Å². The minimum atomic E-state index is -0.310. The maximum Gasteiger partial charge on any atom is 0.328 e. The predicted octanol–water partition coefficient (Wildman–Crippen LogP) is 2.27. The first-order valence-corrected chi connectivity index (χ1v) is 6.02. The molecular weight excluding hydrogens is 210 g/mol. The van der Waals surface area contributed by atoms with Gasteiger partial charge in [0.15, 0.2) is 0 Å². The molecule has 1 N–H and O–H groups in total. The van der Waals surface area contributed by atoms with Gasteiger partial charge in [-0.2, -0.15) is 0 Å². The Kier molecular flexibility index (Phi) is 4.78. The normalized spacial score (nSPS) is 12.5. The maximum atomic E-state index is 11.7. The van der Waals surface area contributed by atoms with Gasteiger partial charge in [-0.05, 0) is 37.4 Å². The minimum absolute atomic E-state index is 0.190. The third-order valence-corrected chi connectivity index (χ3v) is 3.18. The lowest BCUT2D eigenvalue weighted by Crippen LogP contribution is -2.29. The Balaban J connectivity index is 2.83. The van der Waals surface area contributed by atoms with Crippen LogP contribution >= 0.6 is 11.3 Å². The average molecular weight is 227 g/mol. The number of carbonyl (C=O) groups is 1. The number of ether oxygens (including phenoxy) is 1. The highest BCUT2D eigenvalue weighted by atomic mass is 32.1. The van der Waals surface area contributed by atoms with E-state index in [0.717, 1.165) is 17.0 Å². The maximum absolute atomic E-state index is 11.7. The molecule has 1 aromatic heterocycles. The van der Waals surface area contributed by atoms with Gasteiger partial charge in [0.05, 0.1) is 6.61 Å². The minimum Gasteiger partial charge on any atom is -0.465 e. The summed E-state index contributed by atoms with van der Waals surface area (Å²) in [5.74, 6) is -0.190. The van der Waals surface area contributed by atoms with Crippen molar-refractivity contribution in [1.29, 1.82) is 0 Å². The third-order valence-electron chi connectivity index (χ3n) is 2.09. The number of esters is 1. The molecule has 0 aromatic carbocycles. The summed E-state index contributed by atoms with van der Waals surface area (Å²) < 4.78 is 5.04. The van der Waals surface area contributed by atoms with Crippen LogP contribution in [0, 0.1) is 6.92 Å². The van der Waals surface area contributed by atoms with Crippen LogP contribution in [0.25, 0.3) is 0 Å². The Bertz CT molecular complexity index is 322. The lowest BCUT2D eigenvalue weighted by molar-refractivity contribution is -0.145. The second-order valence-electron chi connectivity index (χ2n) is 3.21. The zero-order valence-electron chi connectivity index (χ0n) is 9.37. The van der Waals surface area contributed by atoms with E-state index in [4.69, 9.17) is 4.74 Å². The van der Waals surface area contributed by atoms with Crippen molar-refractivity contribution in [3.8, 4) is 0 Å². The van der Waals surface area contributed by atoms with E-state index in [0.29, 0.717) is 6.61 Å². The molecule has 0 saturated heterocycles. The molecule has 0 aliphatic heterocycles. The van der Waals surface area contributed by atoms with Crippen LogP contribution in [-0.4, -0.2) is 19.1 Å². The SMILES string of the molecule is CCNC(C(=O)OCC)c1sccc1C. The molecule has 0 amide bonds. The van der Waals surface area contributed by atoms with Gasteiger partial charge in [-0.1, -0.05) is 6.92 Å². The molecule has 0 saturated carbocycles. The molecule has 1 rings (SSSR count). The van der Waals surface area contributed by atoms with E-state index in [2.05, 4.69) is 5.32 Å². The molecule has 0 aliphatic rings. The zero-order chi connectivity index (χ0) is 11.3. The molecule has 4 heteroatoms. The van der Waals surface area contributed by atoms with Gasteiger partial charge < -0.3 is 10.1 Å². The summed E-state index contributed by atoms with van der Waals surface area (Å²) in [4.78, 5) is 12.8. The van der Waals surface area contributed by atoms with Gasteiger partial charge in [-0.25, -0.2) is 4.79 Å². The van der Waals surface area contributed by atoms with E-state index in [9.17, 15) is 4.79 Å². The molecule has 1 heterocycles. The van der Waals surface area contributed by atoms with E-state index in [-0.39, 0.29) is 12.0 Å². The van der Waals surface area contributed by atoms with Crippen molar-refractivity contribution in [3.05, 3.63) is 21.9 Å². The fourth-order valence-electron chi connectivity index (χ4n) is 1.39. The number of carbonyl (C=O) groups excluding carboxylic acids is 1. The van der Waals surface area contributed by atoms with Crippen LogP contribution in [0.3, 0.4) is 0 Å². The molecule has 1 unspecified atom stereocenters. The molecular formula is C11H17NO2S. The largest absolute Gasteiger partial charge is 0.465 e. The van der Waals surface area contributed by atoms with Gasteiger partial charge in [-0.15, -0.1) is 11.3 Å². The quantitative estimate of drug-likeness (QED) is 0.784. The van der Waals surface area contributed by atoms with Crippen molar-refractivity contribution in [2.45, 2.75) is 26.8 Å². The number of nitrogens with one attached hydrogen (secondary N) is 1. The summed E-state index contributed by atoms with van der Waals surface area (Å²) in [5, 5.41) is 5.14. The highest BCUT2D eigenvalue weighted by molar-refractivity contribution is 7.10. The van der Waals surface area contributed by atoms with Gasteiger partial charge >= 0.3 is 5.97 Å². The van der Waals surface area contributed by atoms with E-state index >= 15 is 0 Å². The number of hydrogen-bond donors (Lipinski definition) is 1. The summed E-state index contributed by atoms with van der Waals surface area (Å²) in [6.07, 6.45) is 0. The number of aryl methyl sites for hydroxylation is 1. The first-order valence-electron chi connectivity index (χ1n) is 5.14. The van der Waals surface area contributed by atoms with E-state index in [1.807, 2.05) is 32.2 Å². The van der Waals surface area contributed by atoms with Crippen LogP contribution in [0.4, 0.5) is 0 Å². The van der Waals surface area contributed by atoms with Crippen LogP contribution in [-0.2, 0) is 9.53 Å². The summed E-state index contributed by atoms with van der Waals surface area (Å²) in [5.41, 5.74) is 1.14. The lowest BCUT2D eigenvalue weighted by Gasteiger charge is -2.15. The van der Waals surface area contributed by atoms with Crippen molar-refractivity contribution < 1.29 is 9.53 Å². The Hall–Kier alpha value is -0.870. The first-order chi connectivity index (χ1) is 7.20. The molecule has 0 fully saturated rings. The van der Waals surface area contributed by atoms with Gasteiger partial charge in [0.2, 0.25) is 0 Å². The molecule has 0 bridgehead atoms. The Labute approximate surface area is 94.5 Å². The highest BCUT2D eigenvalue weighted by Gasteiger charge is 2.23. The molecule has 0 radical (unpaired) electrons. The molecule has 0 spiro atoms. The molecule has 15 heavy (non-hydrogen) atoms. The predicted molar refractivity (Wildman–Crippen MR) is 62.1 cm³/mol. The van der Waals surface area contributed by atoms with Gasteiger partial charge in [0.1, 0.15) is 6.04 Å². The molecule has 0 aliphatic carbocycles. The molecule has 84 valence electrons. The van der Waals surface area contributed by atoms with Crippen molar-refractivity contribution in [3.63, 3.8) is 0 Å². The highest BCUT2D eigenvalue weighted by Crippen LogP contribution is 2.24. The summed E-state index contributed by atoms with van der Waals surface area (Å²) in [6.45, 7) is 6.98. The number of likely N-dealkylation sites (N-methyl/N-ethyl adjacent to an activating group) is 1. The standard InChI is InChI=1S/C11H17NO2S/c1-4-12-9(11(13)14-5-2)10-8(3)6-7-15-10/h6-7,9,12H,4-5H2,1-3H3. The first kappa shape index (κ1) is 12.2. The summed E-state index contributed by atoms with van der Waals surface area (Å²) in [6, 6.07) is 1.71. The topological polar surface area (TPSA) is 38.3 Å². The van der Waals surface area contributed by atoms with Crippen LogP contribution in [0.5, 0.6) is 0 Å². The second kappa shape index (κ2) is 5.88. The number of rotatable bonds is 5. The number of hydrogen-bond acceptors (Lipinski definition) is 4. The van der Waals surface area contributed by atoms with Crippen molar-refractivity contribution >= 4 is 17.3 Å². The van der Waals surface area contributed by atoms with Crippen molar-refractivity contribution in [1.82, 2.24) is 5.32 Å². The van der Waals surface area contributed by atoms with Crippen LogP contribution in [0.1, 0.15) is 30.3 Å². The van der Waals surface area contributed by atoms with Gasteiger partial charge in [0.25, 0.3) is 0 Å². The lowest BCUT2D eigenvalue weighted by atomic mass is 10.1. The van der Waals surface area contributed by atoms with Crippen LogP contribution < -0.4 is 5.32 Å². The molecule has 3 nitrogen and oxygen atoms in total. The van der Waals surface area contributed by atoms with Gasteiger partial charge in [-0.3, -0.25) is 0 Å². The molecule has 1 atom stereocenters. The monoisotopic (exact) mass is 227 g/mol. The Morgan fingerprint density at radius 2 is 2.33 bits per heavy atom. The molecule has 1 aromatic rings. The number of thiophene rings is 1. The third kappa shape index (κ3) is 3.04.